The lowest BCUT2D eigenvalue weighted by Gasteiger charge is -2.08. The Hall–Kier alpha value is -1.74. The minimum Gasteiger partial charge on any atom is -0.507 e. The fourth-order valence-corrected chi connectivity index (χ4v) is 1.55. The van der Waals surface area contributed by atoms with Crippen LogP contribution in [0.25, 0.3) is 10.8 Å². The van der Waals surface area contributed by atoms with Crippen LogP contribution in [-0.4, -0.2) is 23.4 Å². The van der Waals surface area contributed by atoms with Crippen molar-refractivity contribution in [2.45, 2.75) is 0 Å². The van der Waals surface area contributed by atoms with Gasteiger partial charge in [0.25, 0.3) is 0 Å². The highest BCUT2D eigenvalue weighted by Crippen LogP contribution is 2.31. The molecule has 78 valence electrons. The van der Waals surface area contributed by atoms with Crippen molar-refractivity contribution in [3.63, 3.8) is 0 Å². The number of phenolic OH excluding ortho intramolecular Hbond substituents is 1. The second-order valence-electron chi connectivity index (χ2n) is 3.20. The molecule has 0 atom stereocenters. The first-order valence-electron chi connectivity index (χ1n) is 4.77. The zero-order valence-electron chi connectivity index (χ0n) is 8.18. The summed E-state index contributed by atoms with van der Waals surface area (Å²) in [6.07, 6.45) is 0. The van der Waals surface area contributed by atoms with E-state index in [0.29, 0.717) is 5.75 Å². The summed E-state index contributed by atoms with van der Waals surface area (Å²) in [4.78, 5) is 0. The predicted molar refractivity (Wildman–Crippen MR) is 58.2 cm³/mol. The molecule has 3 nitrogen and oxygen atoms in total. The van der Waals surface area contributed by atoms with Gasteiger partial charge in [-0.2, -0.15) is 0 Å². The average Bonchev–Trinajstić information content (AvgIpc) is 2.27. The zero-order valence-corrected chi connectivity index (χ0v) is 8.18. The van der Waals surface area contributed by atoms with Gasteiger partial charge in [0.15, 0.2) is 0 Å². The van der Waals surface area contributed by atoms with E-state index in [9.17, 15) is 5.11 Å². The molecule has 0 aliphatic carbocycles. The number of phenols is 1. The Bertz CT molecular complexity index is 465. The molecule has 0 saturated heterocycles. The molecule has 0 bridgehead atoms. The van der Waals surface area contributed by atoms with E-state index in [1.165, 1.54) is 0 Å². The Morgan fingerprint density at radius 2 is 1.73 bits per heavy atom. The predicted octanol–water partition coefficient (Wildman–Crippen LogP) is 1.92. The normalized spacial score (nSPS) is 10.5. The van der Waals surface area contributed by atoms with Gasteiger partial charge in [0, 0.05) is 10.8 Å². The summed E-state index contributed by atoms with van der Waals surface area (Å²) in [6, 6.07) is 10.7. The maximum absolute atomic E-state index is 9.62. The van der Waals surface area contributed by atoms with Crippen LogP contribution in [0, 0.1) is 0 Å². The number of benzene rings is 2. The van der Waals surface area contributed by atoms with E-state index < -0.39 is 0 Å². The van der Waals surface area contributed by atoms with Crippen LogP contribution in [-0.2, 0) is 0 Å². The number of rotatable bonds is 3. The number of aliphatic hydroxyl groups excluding tert-OH is 1. The summed E-state index contributed by atoms with van der Waals surface area (Å²) < 4.78 is 5.36. The maximum Gasteiger partial charge on any atom is 0.127 e. The van der Waals surface area contributed by atoms with Crippen molar-refractivity contribution in [1.82, 2.24) is 0 Å². The molecule has 0 amide bonds. The molecule has 0 heterocycles. The average molecular weight is 204 g/mol. The summed E-state index contributed by atoms with van der Waals surface area (Å²) in [5.74, 6) is 0.916. The van der Waals surface area contributed by atoms with E-state index in [1.54, 1.807) is 12.1 Å². The van der Waals surface area contributed by atoms with Crippen LogP contribution in [0.5, 0.6) is 11.5 Å². The van der Waals surface area contributed by atoms with Gasteiger partial charge in [-0.15, -0.1) is 0 Å². The van der Waals surface area contributed by atoms with Crippen molar-refractivity contribution >= 4 is 10.8 Å². The fourth-order valence-electron chi connectivity index (χ4n) is 1.55. The van der Waals surface area contributed by atoms with Gasteiger partial charge in [-0.1, -0.05) is 24.3 Å². The van der Waals surface area contributed by atoms with Crippen LogP contribution >= 0.6 is 0 Å². The minimum absolute atomic E-state index is 0.0186. The number of aliphatic hydroxyl groups is 1. The molecular weight excluding hydrogens is 192 g/mol. The van der Waals surface area contributed by atoms with Crippen LogP contribution in [0.1, 0.15) is 0 Å². The van der Waals surface area contributed by atoms with E-state index in [2.05, 4.69) is 0 Å². The number of ether oxygens (including phenoxy) is 1. The molecule has 2 aromatic carbocycles. The Labute approximate surface area is 87.5 Å². The van der Waals surface area contributed by atoms with Gasteiger partial charge >= 0.3 is 0 Å². The fraction of sp³-hybridized carbons (Fsp3) is 0.167. The molecule has 0 fully saturated rings. The number of aromatic hydroxyl groups is 1. The Morgan fingerprint density at radius 3 is 2.53 bits per heavy atom. The van der Waals surface area contributed by atoms with Crippen molar-refractivity contribution < 1.29 is 14.9 Å². The van der Waals surface area contributed by atoms with Gasteiger partial charge in [0.2, 0.25) is 0 Å². The first-order valence-corrected chi connectivity index (χ1v) is 4.77. The molecule has 0 saturated carbocycles. The lowest BCUT2D eigenvalue weighted by atomic mass is 10.1. The highest BCUT2D eigenvalue weighted by Gasteiger charge is 2.03. The summed E-state index contributed by atoms with van der Waals surface area (Å²) in [5, 5.41) is 19.9. The Kier molecular flexibility index (Phi) is 2.74. The molecule has 0 aromatic heterocycles. The number of hydrogen-bond donors (Lipinski definition) is 2. The third-order valence-electron chi connectivity index (χ3n) is 2.21. The third kappa shape index (κ3) is 1.87. The third-order valence-corrected chi connectivity index (χ3v) is 2.21. The molecule has 0 spiro atoms. The first-order chi connectivity index (χ1) is 7.33. The van der Waals surface area contributed by atoms with Gasteiger partial charge in [-0.25, -0.2) is 0 Å². The molecule has 0 aliphatic heterocycles. The topological polar surface area (TPSA) is 49.7 Å². The lowest BCUT2D eigenvalue weighted by Crippen LogP contribution is -2.01. The number of hydrogen-bond acceptors (Lipinski definition) is 3. The smallest absolute Gasteiger partial charge is 0.127 e. The monoisotopic (exact) mass is 204 g/mol. The van der Waals surface area contributed by atoms with Crippen LogP contribution in [0.2, 0.25) is 0 Å². The molecule has 2 N–H and O–H groups in total. The summed E-state index contributed by atoms with van der Waals surface area (Å²) in [6.45, 7) is 0.240. The summed E-state index contributed by atoms with van der Waals surface area (Å²) >= 11 is 0. The van der Waals surface area contributed by atoms with Crippen LogP contribution in [0.15, 0.2) is 36.4 Å². The first kappa shape index (κ1) is 9.80. The molecular formula is C12H12O3. The van der Waals surface area contributed by atoms with E-state index in [4.69, 9.17) is 9.84 Å². The molecule has 15 heavy (non-hydrogen) atoms. The highest BCUT2D eigenvalue weighted by molar-refractivity contribution is 5.92. The standard InChI is InChI=1S/C12H12O3/c13-7-8-15-12-6-2-3-9-10(12)4-1-5-11(9)14/h1-6,13-14H,7-8H2. The van der Waals surface area contributed by atoms with Crippen molar-refractivity contribution in [2.24, 2.45) is 0 Å². The quantitative estimate of drug-likeness (QED) is 0.803. The lowest BCUT2D eigenvalue weighted by molar-refractivity contribution is 0.203. The van der Waals surface area contributed by atoms with Crippen LogP contribution in [0.3, 0.4) is 0 Å². The van der Waals surface area contributed by atoms with E-state index >= 15 is 0 Å². The van der Waals surface area contributed by atoms with Crippen LogP contribution < -0.4 is 4.74 Å². The summed E-state index contributed by atoms with van der Waals surface area (Å²) in [7, 11) is 0. The minimum atomic E-state index is -0.0186. The molecule has 2 aromatic rings. The molecule has 0 radical (unpaired) electrons. The van der Waals surface area contributed by atoms with Crippen molar-refractivity contribution in [3.8, 4) is 11.5 Å². The van der Waals surface area contributed by atoms with E-state index in [0.717, 1.165) is 10.8 Å². The Morgan fingerprint density at radius 1 is 1.00 bits per heavy atom. The second-order valence-corrected chi connectivity index (χ2v) is 3.20. The maximum atomic E-state index is 9.62. The van der Waals surface area contributed by atoms with Gasteiger partial charge < -0.3 is 14.9 Å². The van der Waals surface area contributed by atoms with E-state index in [-0.39, 0.29) is 19.0 Å². The molecule has 3 heteroatoms. The largest absolute Gasteiger partial charge is 0.507 e. The molecule has 0 unspecified atom stereocenters. The second kappa shape index (κ2) is 4.19. The van der Waals surface area contributed by atoms with Crippen molar-refractivity contribution in [1.29, 1.82) is 0 Å². The number of fused-ring (bicyclic) bond motifs is 1. The molecule has 2 rings (SSSR count). The summed E-state index contributed by atoms with van der Waals surface area (Å²) in [5.41, 5.74) is 0. The zero-order chi connectivity index (χ0) is 10.7. The SMILES string of the molecule is OCCOc1cccc2c(O)cccc12. The molecule has 0 aliphatic rings. The highest BCUT2D eigenvalue weighted by atomic mass is 16.5. The van der Waals surface area contributed by atoms with Crippen LogP contribution in [0.4, 0.5) is 0 Å². The van der Waals surface area contributed by atoms with Gasteiger partial charge in [-0.05, 0) is 12.1 Å². The van der Waals surface area contributed by atoms with E-state index in [1.807, 2.05) is 24.3 Å². The Balaban J connectivity index is 2.51. The van der Waals surface area contributed by atoms with Gasteiger partial charge in [0.05, 0.1) is 6.61 Å². The van der Waals surface area contributed by atoms with Crippen molar-refractivity contribution in [2.75, 3.05) is 13.2 Å². The van der Waals surface area contributed by atoms with Gasteiger partial charge in [-0.3, -0.25) is 0 Å². The van der Waals surface area contributed by atoms with Gasteiger partial charge in [0.1, 0.15) is 18.1 Å². The van der Waals surface area contributed by atoms with Crippen molar-refractivity contribution in [3.05, 3.63) is 36.4 Å².